The first-order chi connectivity index (χ1) is 14.0. The molecular weight excluding hydrogens is 498 g/mol. The number of carbonyl (C=O) groups excluding carboxylic acids is 1. The molecule has 0 saturated carbocycles. The molecule has 146 valence electrons. The van der Waals surface area contributed by atoms with E-state index in [1.807, 2.05) is 71.4 Å². The van der Waals surface area contributed by atoms with Crippen molar-refractivity contribution in [2.45, 2.75) is 6.42 Å². The SMILES string of the molecule is COc1ccc(CC(=O)Nc2ccc(-c3cn4cc(Br)cc(Br)c4n3)cc2)cc1. The predicted molar refractivity (Wildman–Crippen MR) is 121 cm³/mol. The van der Waals surface area contributed by atoms with E-state index in [4.69, 9.17) is 4.74 Å². The highest BCUT2D eigenvalue weighted by atomic mass is 79.9. The first-order valence-corrected chi connectivity index (χ1v) is 10.5. The second-order valence-electron chi connectivity index (χ2n) is 6.51. The summed E-state index contributed by atoms with van der Waals surface area (Å²) in [6.07, 6.45) is 4.24. The van der Waals surface area contributed by atoms with Gasteiger partial charge in [0.1, 0.15) is 5.75 Å². The number of imidazole rings is 1. The number of aromatic nitrogens is 2. The van der Waals surface area contributed by atoms with Gasteiger partial charge in [0.05, 0.1) is 23.7 Å². The van der Waals surface area contributed by atoms with Crippen LogP contribution in [0, 0.1) is 0 Å². The highest BCUT2D eigenvalue weighted by molar-refractivity contribution is 9.11. The Morgan fingerprint density at radius 3 is 2.48 bits per heavy atom. The van der Waals surface area contributed by atoms with Crippen LogP contribution in [0.1, 0.15) is 5.56 Å². The van der Waals surface area contributed by atoms with Gasteiger partial charge in [-0.2, -0.15) is 0 Å². The molecule has 4 aromatic rings. The number of ether oxygens (including phenoxy) is 1. The van der Waals surface area contributed by atoms with Gasteiger partial charge in [-0.1, -0.05) is 24.3 Å². The number of fused-ring (bicyclic) bond motifs is 1. The molecule has 1 amide bonds. The van der Waals surface area contributed by atoms with Gasteiger partial charge in [-0.05, 0) is 67.8 Å². The summed E-state index contributed by atoms with van der Waals surface area (Å²) in [7, 11) is 1.62. The highest BCUT2D eigenvalue weighted by Crippen LogP contribution is 2.27. The zero-order valence-electron chi connectivity index (χ0n) is 15.5. The first kappa shape index (κ1) is 19.7. The Bertz CT molecular complexity index is 1170. The van der Waals surface area contributed by atoms with E-state index in [1.54, 1.807) is 7.11 Å². The van der Waals surface area contributed by atoms with Gasteiger partial charge in [-0.25, -0.2) is 4.98 Å². The van der Waals surface area contributed by atoms with Gasteiger partial charge in [0.15, 0.2) is 5.65 Å². The lowest BCUT2D eigenvalue weighted by Crippen LogP contribution is -2.14. The maximum absolute atomic E-state index is 12.3. The summed E-state index contributed by atoms with van der Waals surface area (Å²) in [5.74, 6) is 0.709. The van der Waals surface area contributed by atoms with E-state index in [0.29, 0.717) is 6.42 Å². The molecule has 0 radical (unpaired) electrons. The Balaban J connectivity index is 1.46. The summed E-state index contributed by atoms with van der Waals surface area (Å²) in [5.41, 5.74) is 4.37. The third kappa shape index (κ3) is 4.52. The lowest BCUT2D eigenvalue weighted by molar-refractivity contribution is -0.115. The van der Waals surface area contributed by atoms with E-state index in [2.05, 4.69) is 42.2 Å². The summed E-state index contributed by atoms with van der Waals surface area (Å²) >= 11 is 7.03. The van der Waals surface area contributed by atoms with Gasteiger partial charge in [0.25, 0.3) is 0 Å². The van der Waals surface area contributed by atoms with Crippen LogP contribution in [0.3, 0.4) is 0 Å². The van der Waals surface area contributed by atoms with Crippen LogP contribution in [0.25, 0.3) is 16.9 Å². The van der Waals surface area contributed by atoms with Gasteiger partial charge in [-0.15, -0.1) is 0 Å². The molecule has 4 rings (SSSR count). The van der Waals surface area contributed by atoms with Crippen LogP contribution >= 0.6 is 31.9 Å². The van der Waals surface area contributed by atoms with Gasteiger partial charge < -0.3 is 14.5 Å². The van der Waals surface area contributed by atoms with Crippen molar-refractivity contribution in [1.82, 2.24) is 9.38 Å². The van der Waals surface area contributed by atoms with Crippen LogP contribution in [0.5, 0.6) is 5.75 Å². The van der Waals surface area contributed by atoms with Crippen LogP contribution < -0.4 is 10.1 Å². The molecule has 0 fully saturated rings. The van der Waals surface area contributed by atoms with E-state index in [-0.39, 0.29) is 5.91 Å². The van der Waals surface area contributed by atoms with E-state index >= 15 is 0 Å². The lowest BCUT2D eigenvalue weighted by Gasteiger charge is -2.07. The number of nitrogens with one attached hydrogen (secondary N) is 1. The summed E-state index contributed by atoms with van der Waals surface area (Å²) in [5, 5.41) is 2.93. The van der Waals surface area contributed by atoms with E-state index < -0.39 is 0 Å². The minimum Gasteiger partial charge on any atom is -0.497 e. The second-order valence-corrected chi connectivity index (χ2v) is 8.28. The Morgan fingerprint density at radius 1 is 1.07 bits per heavy atom. The van der Waals surface area contributed by atoms with Crippen LogP contribution in [0.15, 0.2) is 75.9 Å². The molecule has 29 heavy (non-hydrogen) atoms. The van der Waals surface area contributed by atoms with Crippen molar-refractivity contribution in [2.24, 2.45) is 0 Å². The maximum atomic E-state index is 12.3. The van der Waals surface area contributed by atoms with Crippen molar-refractivity contribution in [3.63, 3.8) is 0 Å². The molecule has 0 bridgehead atoms. The van der Waals surface area contributed by atoms with Gasteiger partial charge >= 0.3 is 0 Å². The number of carbonyl (C=O) groups is 1. The lowest BCUT2D eigenvalue weighted by atomic mass is 10.1. The molecule has 7 heteroatoms. The first-order valence-electron chi connectivity index (χ1n) is 8.89. The number of hydrogen-bond acceptors (Lipinski definition) is 3. The largest absolute Gasteiger partial charge is 0.497 e. The third-order valence-corrected chi connectivity index (χ3v) is 5.48. The number of nitrogens with zero attached hydrogens (tertiary/aromatic N) is 2. The minimum atomic E-state index is -0.0653. The maximum Gasteiger partial charge on any atom is 0.228 e. The number of pyridine rings is 1. The molecule has 0 atom stereocenters. The molecule has 5 nitrogen and oxygen atoms in total. The molecule has 2 aromatic heterocycles. The zero-order valence-corrected chi connectivity index (χ0v) is 18.7. The molecule has 0 saturated heterocycles. The number of amides is 1. The van der Waals surface area contributed by atoms with E-state index in [0.717, 1.165) is 42.9 Å². The second kappa shape index (κ2) is 8.39. The van der Waals surface area contributed by atoms with Crippen LogP contribution in [0.2, 0.25) is 0 Å². The quantitative estimate of drug-likeness (QED) is 0.370. The van der Waals surface area contributed by atoms with Crippen molar-refractivity contribution in [3.8, 4) is 17.0 Å². The highest BCUT2D eigenvalue weighted by Gasteiger charge is 2.09. The van der Waals surface area contributed by atoms with Crippen LogP contribution in [-0.4, -0.2) is 22.4 Å². The van der Waals surface area contributed by atoms with Crippen LogP contribution in [-0.2, 0) is 11.2 Å². The molecule has 0 unspecified atom stereocenters. The van der Waals surface area contributed by atoms with Gasteiger partial charge in [-0.3, -0.25) is 4.79 Å². The number of anilines is 1. The van der Waals surface area contributed by atoms with E-state index in [9.17, 15) is 4.79 Å². The molecule has 0 aliphatic heterocycles. The summed E-state index contributed by atoms with van der Waals surface area (Å²) in [6.45, 7) is 0. The number of methoxy groups -OCH3 is 1. The topological polar surface area (TPSA) is 55.6 Å². The average Bonchev–Trinajstić information content (AvgIpc) is 3.13. The average molecular weight is 515 g/mol. The Labute approximate surface area is 185 Å². The molecule has 0 aliphatic rings. The monoisotopic (exact) mass is 513 g/mol. The van der Waals surface area contributed by atoms with Crippen molar-refractivity contribution in [1.29, 1.82) is 0 Å². The van der Waals surface area contributed by atoms with Gasteiger partial charge in [0, 0.05) is 28.1 Å². The number of halogens is 2. The number of hydrogen-bond donors (Lipinski definition) is 1. The van der Waals surface area contributed by atoms with Gasteiger partial charge in [0.2, 0.25) is 5.91 Å². The summed E-state index contributed by atoms with van der Waals surface area (Å²) in [6, 6.07) is 17.1. The molecular formula is C22H17Br2N3O2. The fourth-order valence-electron chi connectivity index (χ4n) is 3.02. The summed E-state index contributed by atoms with van der Waals surface area (Å²) < 4.78 is 8.99. The van der Waals surface area contributed by atoms with E-state index in [1.165, 1.54) is 0 Å². The van der Waals surface area contributed by atoms with Crippen LogP contribution in [0.4, 0.5) is 5.69 Å². The standard InChI is InChI=1S/C22H17Br2N3O2/c1-29-18-8-2-14(3-9-18)10-21(28)25-17-6-4-15(5-7-17)20-13-27-12-16(23)11-19(24)22(27)26-20/h2-9,11-13H,10H2,1H3,(H,25,28). The number of rotatable bonds is 5. The van der Waals surface area contributed by atoms with Crippen molar-refractivity contribution >= 4 is 49.1 Å². The Morgan fingerprint density at radius 2 is 1.79 bits per heavy atom. The predicted octanol–water partition coefficient (Wildman–Crippen LogP) is 5.72. The van der Waals surface area contributed by atoms with Crippen molar-refractivity contribution in [3.05, 3.63) is 81.5 Å². The smallest absolute Gasteiger partial charge is 0.228 e. The molecule has 1 N–H and O–H groups in total. The minimum absolute atomic E-state index is 0.0653. The molecule has 2 heterocycles. The third-order valence-electron chi connectivity index (χ3n) is 4.46. The fourth-order valence-corrected chi connectivity index (χ4v) is 4.32. The number of benzene rings is 2. The summed E-state index contributed by atoms with van der Waals surface area (Å²) in [4.78, 5) is 17.0. The zero-order chi connectivity index (χ0) is 20.4. The Kier molecular flexibility index (Phi) is 5.69. The van der Waals surface area contributed by atoms with Crippen molar-refractivity contribution < 1.29 is 9.53 Å². The molecule has 2 aromatic carbocycles. The van der Waals surface area contributed by atoms with Crippen molar-refractivity contribution in [2.75, 3.05) is 12.4 Å². The Hall–Kier alpha value is -2.64. The normalized spacial score (nSPS) is 10.9. The molecule has 0 spiro atoms. The molecule has 0 aliphatic carbocycles. The fraction of sp³-hybridized carbons (Fsp3) is 0.0909.